The monoisotopic (exact) mass is 458 g/mol. The molecular formula is C19H24F2N4O3S2. The molecule has 1 N–H and O–H groups in total. The van der Waals surface area contributed by atoms with Crippen LogP contribution < -0.4 is 5.32 Å². The Morgan fingerprint density at radius 1 is 1.20 bits per heavy atom. The molecule has 0 bridgehead atoms. The van der Waals surface area contributed by atoms with E-state index in [4.69, 9.17) is 0 Å². The van der Waals surface area contributed by atoms with Crippen molar-refractivity contribution in [1.29, 1.82) is 0 Å². The average molecular weight is 459 g/mol. The van der Waals surface area contributed by atoms with Crippen LogP contribution in [-0.4, -0.2) is 54.8 Å². The Labute approximate surface area is 178 Å². The van der Waals surface area contributed by atoms with Crippen LogP contribution >= 0.6 is 11.3 Å². The van der Waals surface area contributed by atoms with E-state index in [1.807, 2.05) is 5.38 Å². The third-order valence-electron chi connectivity index (χ3n) is 4.65. The van der Waals surface area contributed by atoms with Gasteiger partial charge in [-0.25, -0.2) is 27.0 Å². The van der Waals surface area contributed by atoms with Gasteiger partial charge >= 0.3 is 6.03 Å². The number of rotatable bonds is 4. The Bertz CT molecular complexity index is 1030. The Kier molecular flexibility index (Phi) is 6.44. The molecule has 164 valence electrons. The van der Waals surface area contributed by atoms with E-state index in [9.17, 15) is 22.0 Å². The highest BCUT2D eigenvalue weighted by atomic mass is 32.2. The highest BCUT2D eigenvalue weighted by Gasteiger charge is 2.32. The minimum Gasteiger partial charge on any atom is -0.332 e. The number of halogens is 2. The van der Waals surface area contributed by atoms with Crippen molar-refractivity contribution in [2.75, 3.05) is 26.2 Å². The van der Waals surface area contributed by atoms with Gasteiger partial charge in [0.25, 0.3) is 0 Å². The number of hydrogen-bond donors (Lipinski definition) is 1. The van der Waals surface area contributed by atoms with Crippen LogP contribution in [0.1, 0.15) is 31.5 Å². The van der Waals surface area contributed by atoms with Gasteiger partial charge in [0.2, 0.25) is 10.0 Å². The van der Waals surface area contributed by atoms with Crippen LogP contribution in [-0.2, 0) is 22.0 Å². The number of nitrogens with zero attached hydrogens (tertiary/aromatic N) is 3. The molecule has 2 amide bonds. The number of nitrogens with one attached hydrogen (secondary N) is 1. The van der Waals surface area contributed by atoms with Crippen LogP contribution in [0.2, 0.25) is 0 Å². The minimum atomic E-state index is -4.18. The molecule has 0 atom stereocenters. The minimum absolute atomic E-state index is 0.00339. The molecule has 1 aromatic heterocycles. The zero-order valence-electron chi connectivity index (χ0n) is 17.0. The van der Waals surface area contributed by atoms with Crippen LogP contribution in [0.3, 0.4) is 0 Å². The average Bonchev–Trinajstić information content (AvgIpc) is 3.17. The lowest BCUT2D eigenvalue weighted by atomic mass is 9.98. The van der Waals surface area contributed by atoms with Crippen molar-refractivity contribution in [3.63, 3.8) is 0 Å². The van der Waals surface area contributed by atoms with Crippen LogP contribution in [0.4, 0.5) is 13.6 Å². The summed E-state index contributed by atoms with van der Waals surface area (Å²) < 4.78 is 53.6. The standard InChI is InChI=1S/C19H24F2N4O3S2/c1-19(2,3)17-23-14(12-29-17)11-22-18(26)24-6-8-25(9-7-24)30(27,28)16-10-13(20)4-5-15(16)21/h4-5,10,12H,6-9,11H2,1-3H3,(H,22,26). The van der Waals surface area contributed by atoms with Crippen LogP contribution in [0.15, 0.2) is 28.5 Å². The largest absolute Gasteiger partial charge is 0.332 e. The summed E-state index contributed by atoms with van der Waals surface area (Å²) in [6.07, 6.45) is 0. The Morgan fingerprint density at radius 3 is 2.47 bits per heavy atom. The van der Waals surface area contributed by atoms with Crippen LogP contribution in [0.25, 0.3) is 0 Å². The second-order valence-corrected chi connectivity index (χ2v) is 10.8. The molecule has 1 fully saturated rings. The topological polar surface area (TPSA) is 82.6 Å². The number of carbonyl (C=O) groups excluding carboxylic acids is 1. The van der Waals surface area contributed by atoms with Crippen molar-refractivity contribution in [3.05, 3.63) is 45.9 Å². The van der Waals surface area contributed by atoms with Crippen molar-refractivity contribution in [3.8, 4) is 0 Å². The van der Waals surface area contributed by atoms with Gasteiger partial charge in [0.15, 0.2) is 0 Å². The highest BCUT2D eigenvalue weighted by molar-refractivity contribution is 7.89. The van der Waals surface area contributed by atoms with Crippen molar-refractivity contribution in [2.45, 2.75) is 37.6 Å². The molecule has 2 aromatic rings. The summed E-state index contributed by atoms with van der Waals surface area (Å²) in [4.78, 5) is 17.7. The van der Waals surface area contributed by atoms with E-state index < -0.39 is 26.6 Å². The first-order valence-electron chi connectivity index (χ1n) is 9.41. The summed E-state index contributed by atoms with van der Waals surface area (Å²) in [5, 5.41) is 5.67. The van der Waals surface area contributed by atoms with Gasteiger partial charge in [-0.2, -0.15) is 4.31 Å². The Morgan fingerprint density at radius 2 is 1.87 bits per heavy atom. The summed E-state index contributed by atoms with van der Waals surface area (Å²) in [6.45, 7) is 6.76. The summed E-state index contributed by atoms with van der Waals surface area (Å²) in [7, 11) is -4.18. The smallest absolute Gasteiger partial charge is 0.317 e. The van der Waals surface area contributed by atoms with Crippen LogP contribution in [0, 0.1) is 11.6 Å². The Hall–Kier alpha value is -2.11. The quantitative estimate of drug-likeness (QED) is 0.764. The predicted molar refractivity (Wildman–Crippen MR) is 110 cm³/mol. The highest BCUT2D eigenvalue weighted by Crippen LogP contribution is 2.25. The number of hydrogen-bond acceptors (Lipinski definition) is 5. The van der Waals surface area contributed by atoms with Gasteiger partial charge < -0.3 is 10.2 Å². The van der Waals surface area contributed by atoms with Gasteiger partial charge in [0, 0.05) is 37.0 Å². The van der Waals surface area contributed by atoms with Crippen molar-refractivity contribution >= 4 is 27.4 Å². The molecule has 0 spiro atoms. The number of thiazole rings is 1. The zero-order chi connectivity index (χ0) is 22.1. The van der Waals surface area contributed by atoms with E-state index in [2.05, 4.69) is 31.1 Å². The second kappa shape index (κ2) is 8.56. The zero-order valence-corrected chi connectivity index (χ0v) is 18.6. The van der Waals surface area contributed by atoms with Gasteiger partial charge in [0.1, 0.15) is 16.5 Å². The van der Waals surface area contributed by atoms with E-state index in [0.29, 0.717) is 6.07 Å². The molecule has 1 aliphatic heterocycles. The molecule has 3 rings (SSSR count). The molecule has 0 saturated carbocycles. The summed E-state index contributed by atoms with van der Waals surface area (Å²) in [5.74, 6) is -1.83. The van der Waals surface area contributed by atoms with Crippen molar-refractivity contribution < 1.29 is 22.0 Å². The lowest BCUT2D eigenvalue weighted by molar-refractivity contribution is 0.171. The maximum atomic E-state index is 13.9. The van der Waals surface area contributed by atoms with E-state index in [-0.39, 0.29) is 44.2 Å². The molecule has 1 aromatic carbocycles. The maximum Gasteiger partial charge on any atom is 0.317 e. The van der Waals surface area contributed by atoms with Gasteiger partial charge in [-0.05, 0) is 18.2 Å². The lowest BCUT2D eigenvalue weighted by Gasteiger charge is -2.34. The fourth-order valence-electron chi connectivity index (χ4n) is 2.96. The van der Waals surface area contributed by atoms with Crippen molar-refractivity contribution in [2.24, 2.45) is 0 Å². The lowest BCUT2D eigenvalue weighted by Crippen LogP contribution is -2.53. The SMILES string of the molecule is CC(C)(C)c1nc(CNC(=O)N2CCN(S(=O)(=O)c3cc(F)ccc3F)CC2)cs1. The third-order valence-corrected chi connectivity index (χ3v) is 7.88. The van der Waals surface area contributed by atoms with E-state index in [0.717, 1.165) is 27.1 Å². The molecular weight excluding hydrogens is 434 g/mol. The molecule has 11 heteroatoms. The number of aromatic nitrogens is 1. The molecule has 1 aliphatic rings. The second-order valence-electron chi connectivity index (χ2n) is 8.02. The first-order chi connectivity index (χ1) is 14.0. The number of benzene rings is 1. The number of carbonyl (C=O) groups is 1. The maximum absolute atomic E-state index is 13.9. The fourth-order valence-corrected chi connectivity index (χ4v) is 5.36. The van der Waals surface area contributed by atoms with Gasteiger partial charge in [0.05, 0.1) is 17.2 Å². The first-order valence-corrected chi connectivity index (χ1v) is 11.7. The van der Waals surface area contributed by atoms with Crippen LogP contribution in [0.5, 0.6) is 0 Å². The summed E-state index contributed by atoms with van der Waals surface area (Å²) in [6, 6.07) is 2.00. The summed E-state index contributed by atoms with van der Waals surface area (Å²) >= 11 is 1.54. The molecule has 1 saturated heterocycles. The first kappa shape index (κ1) is 22.6. The Balaban J connectivity index is 1.56. The number of amides is 2. The van der Waals surface area contributed by atoms with E-state index in [1.54, 1.807) is 11.3 Å². The molecule has 30 heavy (non-hydrogen) atoms. The van der Waals surface area contributed by atoms with Gasteiger partial charge in [-0.15, -0.1) is 11.3 Å². The molecule has 0 aliphatic carbocycles. The van der Waals surface area contributed by atoms with E-state index in [1.165, 1.54) is 4.90 Å². The number of urea groups is 1. The summed E-state index contributed by atoms with van der Waals surface area (Å²) in [5.41, 5.74) is 0.705. The molecule has 7 nitrogen and oxygen atoms in total. The van der Waals surface area contributed by atoms with Gasteiger partial charge in [-0.3, -0.25) is 0 Å². The third kappa shape index (κ3) is 4.96. The van der Waals surface area contributed by atoms with Gasteiger partial charge in [-0.1, -0.05) is 20.8 Å². The molecule has 2 heterocycles. The molecule has 0 radical (unpaired) electrons. The fraction of sp³-hybridized carbons (Fsp3) is 0.474. The number of piperazine rings is 1. The predicted octanol–water partition coefficient (Wildman–Crippen LogP) is 2.93. The normalized spacial score (nSPS) is 16.0. The van der Waals surface area contributed by atoms with E-state index >= 15 is 0 Å². The molecule has 0 unspecified atom stereocenters. The van der Waals surface area contributed by atoms with Crippen molar-refractivity contribution in [1.82, 2.24) is 19.5 Å². The number of sulfonamides is 1.